The number of benzene rings is 3. The third-order valence-corrected chi connectivity index (χ3v) is 3.56. The SMILES string of the molecule is Fc1ccc2ccc(OCc3ccccc3)c(C(F)(F)F)c2c1F. The topological polar surface area (TPSA) is 9.23 Å². The lowest BCUT2D eigenvalue weighted by Crippen LogP contribution is -2.11. The molecule has 124 valence electrons. The largest absolute Gasteiger partial charge is 0.488 e. The molecule has 0 aromatic heterocycles. The van der Waals surface area contributed by atoms with E-state index in [1.54, 1.807) is 30.3 Å². The van der Waals surface area contributed by atoms with E-state index in [9.17, 15) is 22.0 Å². The number of alkyl halides is 3. The summed E-state index contributed by atoms with van der Waals surface area (Å²) in [6.45, 7) is -0.119. The molecule has 3 aromatic carbocycles. The van der Waals surface area contributed by atoms with Crippen molar-refractivity contribution in [2.24, 2.45) is 0 Å². The Balaban J connectivity index is 2.12. The molecule has 6 heteroatoms. The molecule has 0 heterocycles. The molecular formula is C18H11F5O. The second kappa shape index (κ2) is 6.11. The van der Waals surface area contributed by atoms with Gasteiger partial charge < -0.3 is 4.74 Å². The molecular weight excluding hydrogens is 327 g/mol. The van der Waals surface area contributed by atoms with Crippen LogP contribution in [0.1, 0.15) is 11.1 Å². The fraction of sp³-hybridized carbons (Fsp3) is 0.111. The molecule has 0 radical (unpaired) electrons. The lowest BCUT2D eigenvalue weighted by Gasteiger charge is -2.17. The van der Waals surface area contributed by atoms with Crippen molar-refractivity contribution in [3.05, 3.63) is 77.4 Å². The summed E-state index contributed by atoms with van der Waals surface area (Å²) in [5.74, 6) is -3.42. The smallest absolute Gasteiger partial charge is 0.420 e. The summed E-state index contributed by atoms with van der Waals surface area (Å²) >= 11 is 0. The molecule has 0 amide bonds. The van der Waals surface area contributed by atoms with Gasteiger partial charge in [-0.2, -0.15) is 13.2 Å². The minimum absolute atomic E-state index is 0.0479. The predicted molar refractivity (Wildman–Crippen MR) is 79.6 cm³/mol. The maximum absolute atomic E-state index is 14.0. The normalized spacial score (nSPS) is 11.7. The number of fused-ring (bicyclic) bond motifs is 1. The quantitative estimate of drug-likeness (QED) is 0.555. The summed E-state index contributed by atoms with van der Waals surface area (Å²) in [4.78, 5) is 0. The minimum Gasteiger partial charge on any atom is -0.488 e. The van der Waals surface area contributed by atoms with E-state index in [4.69, 9.17) is 4.74 Å². The first-order chi connectivity index (χ1) is 11.4. The van der Waals surface area contributed by atoms with E-state index in [1.165, 1.54) is 6.07 Å². The van der Waals surface area contributed by atoms with E-state index in [1.807, 2.05) is 0 Å². The molecule has 0 unspecified atom stereocenters. The van der Waals surface area contributed by atoms with Crippen molar-refractivity contribution < 1.29 is 26.7 Å². The molecule has 0 spiro atoms. The van der Waals surface area contributed by atoms with Gasteiger partial charge in [0.15, 0.2) is 11.6 Å². The zero-order valence-corrected chi connectivity index (χ0v) is 12.2. The summed E-state index contributed by atoms with van der Waals surface area (Å²) < 4.78 is 73.0. The highest BCUT2D eigenvalue weighted by Gasteiger charge is 2.38. The summed E-state index contributed by atoms with van der Waals surface area (Å²) in [6.07, 6.45) is -4.89. The fourth-order valence-corrected chi connectivity index (χ4v) is 2.47. The van der Waals surface area contributed by atoms with Crippen molar-refractivity contribution in [2.45, 2.75) is 12.8 Å². The first kappa shape index (κ1) is 16.2. The van der Waals surface area contributed by atoms with Crippen LogP contribution in [0.4, 0.5) is 22.0 Å². The summed E-state index contributed by atoms with van der Waals surface area (Å²) in [7, 11) is 0. The van der Waals surface area contributed by atoms with Crippen molar-refractivity contribution in [3.63, 3.8) is 0 Å². The summed E-state index contributed by atoms with van der Waals surface area (Å²) in [5, 5.41) is -0.874. The molecule has 0 N–H and O–H groups in total. The Morgan fingerprint density at radius 2 is 1.50 bits per heavy atom. The monoisotopic (exact) mass is 338 g/mol. The van der Waals surface area contributed by atoms with E-state index in [0.717, 1.165) is 18.2 Å². The zero-order chi connectivity index (χ0) is 17.3. The van der Waals surface area contributed by atoms with Crippen LogP contribution in [0.3, 0.4) is 0 Å². The fourth-order valence-electron chi connectivity index (χ4n) is 2.47. The van der Waals surface area contributed by atoms with Crippen LogP contribution in [0, 0.1) is 11.6 Å². The molecule has 0 saturated carbocycles. The lowest BCUT2D eigenvalue weighted by molar-refractivity contribution is -0.137. The molecule has 0 aliphatic rings. The van der Waals surface area contributed by atoms with Crippen LogP contribution in [0.2, 0.25) is 0 Å². The van der Waals surface area contributed by atoms with Crippen LogP contribution in [0.5, 0.6) is 5.75 Å². The Bertz CT molecular complexity index is 872. The Morgan fingerprint density at radius 3 is 2.17 bits per heavy atom. The van der Waals surface area contributed by atoms with Crippen LogP contribution >= 0.6 is 0 Å². The number of hydrogen-bond donors (Lipinski definition) is 0. The molecule has 0 aliphatic carbocycles. The van der Waals surface area contributed by atoms with Crippen molar-refractivity contribution in [1.29, 1.82) is 0 Å². The van der Waals surface area contributed by atoms with Gasteiger partial charge in [-0.05, 0) is 23.1 Å². The highest BCUT2D eigenvalue weighted by molar-refractivity contribution is 5.89. The van der Waals surface area contributed by atoms with Crippen molar-refractivity contribution >= 4 is 10.8 Å². The Labute approximate surface area is 134 Å². The zero-order valence-electron chi connectivity index (χ0n) is 12.2. The highest BCUT2D eigenvalue weighted by atomic mass is 19.4. The molecule has 0 saturated heterocycles. The molecule has 0 aliphatic heterocycles. The predicted octanol–water partition coefficient (Wildman–Crippen LogP) is 5.72. The van der Waals surface area contributed by atoms with Crippen LogP contribution in [0.15, 0.2) is 54.6 Å². The molecule has 24 heavy (non-hydrogen) atoms. The highest BCUT2D eigenvalue weighted by Crippen LogP contribution is 2.42. The molecule has 0 bridgehead atoms. The van der Waals surface area contributed by atoms with E-state index in [2.05, 4.69) is 0 Å². The van der Waals surface area contributed by atoms with E-state index in [0.29, 0.717) is 5.56 Å². The third kappa shape index (κ3) is 3.04. The van der Waals surface area contributed by atoms with Gasteiger partial charge >= 0.3 is 6.18 Å². The van der Waals surface area contributed by atoms with Crippen molar-refractivity contribution in [2.75, 3.05) is 0 Å². The van der Waals surface area contributed by atoms with Crippen LogP contribution in [-0.2, 0) is 12.8 Å². The number of halogens is 5. The molecule has 3 aromatic rings. The number of hydrogen-bond acceptors (Lipinski definition) is 1. The number of ether oxygens (including phenoxy) is 1. The van der Waals surface area contributed by atoms with Gasteiger partial charge in [0.25, 0.3) is 0 Å². The Hall–Kier alpha value is -2.63. The van der Waals surface area contributed by atoms with Crippen LogP contribution in [0.25, 0.3) is 10.8 Å². The van der Waals surface area contributed by atoms with Gasteiger partial charge in [-0.1, -0.05) is 42.5 Å². The summed E-state index contributed by atoms with van der Waals surface area (Å²) in [6, 6.07) is 12.9. The third-order valence-electron chi connectivity index (χ3n) is 3.56. The number of rotatable bonds is 3. The van der Waals surface area contributed by atoms with Gasteiger partial charge in [-0.25, -0.2) is 8.78 Å². The summed E-state index contributed by atoms with van der Waals surface area (Å²) in [5.41, 5.74) is -0.654. The van der Waals surface area contributed by atoms with Gasteiger partial charge in [0.2, 0.25) is 0 Å². The van der Waals surface area contributed by atoms with Gasteiger partial charge in [0.05, 0.1) is 0 Å². The average Bonchev–Trinajstić information content (AvgIpc) is 2.56. The second-order valence-electron chi connectivity index (χ2n) is 5.17. The van der Waals surface area contributed by atoms with Gasteiger partial charge in [0, 0.05) is 5.39 Å². The Morgan fingerprint density at radius 1 is 0.833 bits per heavy atom. The maximum Gasteiger partial charge on any atom is 0.420 e. The molecule has 0 fully saturated rings. The van der Waals surface area contributed by atoms with Crippen LogP contribution < -0.4 is 4.74 Å². The second-order valence-corrected chi connectivity index (χ2v) is 5.17. The maximum atomic E-state index is 14.0. The Kier molecular flexibility index (Phi) is 4.13. The van der Waals surface area contributed by atoms with Crippen LogP contribution in [-0.4, -0.2) is 0 Å². The van der Waals surface area contributed by atoms with Gasteiger partial charge in [-0.3, -0.25) is 0 Å². The van der Waals surface area contributed by atoms with Gasteiger partial charge in [0.1, 0.15) is 17.9 Å². The van der Waals surface area contributed by atoms with Crippen molar-refractivity contribution in [1.82, 2.24) is 0 Å². The van der Waals surface area contributed by atoms with E-state index >= 15 is 0 Å². The first-order valence-electron chi connectivity index (χ1n) is 7.02. The standard InChI is InChI=1S/C18H11F5O/c19-13-8-6-12-7-9-14(24-10-11-4-2-1-3-5-11)16(18(21,22)23)15(12)17(13)20/h1-9H,10H2. The van der Waals surface area contributed by atoms with E-state index in [-0.39, 0.29) is 12.0 Å². The van der Waals surface area contributed by atoms with Crippen molar-refractivity contribution in [3.8, 4) is 5.75 Å². The lowest BCUT2D eigenvalue weighted by atomic mass is 10.0. The van der Waals surface area contributed by atoms with E-state index < -0.39 is 34.5 Å². The molecule has 0 atom stereocenters. The van der Waals surface area contributed by atoms with Gasteiger partial charge in [-0.15, -0.1) is 0 Å². The first-order valence-corrected chi connectivity index (χ1v) is 7.02. The molecule has 3 rings (SSSR count). The average molecular weight is 338 g/mol. The molecule has 1 nitrogen and oxygen atoms in total. The minimum atomic E-state index is -4.89.